The normalized spacial score (nSPS) is 25.3. The van der Waals surface area contributed by atoms with Crippen molar-refractivity contribution in [1.82, 2.24) is 10.2 Å². The lowest BCUT2D eigenvalue weighted by Crippen LogP contribution is -2.47. The van der Waals surface area contributed by atoms with Crippen LogP contribution in [0.2, 0.25) is 0 Å². The molecule has 0 bridgehead atoms. The Balaban J connectivity index is 2.46. The van der Waals surface area contributed by atoms with E-state index in [0.29, 0.717) is 22.9 Å². The van der Waals surface area contributed by atoms with Crippen LogP contribution in [-0.4, -0.2) is 37.6 Å². The summed E-state index contributed by atoms with van der Waals surface area (Å²) in [6.07, 6.45) is 5.24. The predicted molar refractivity (Wildman–Crippen MR) is 81.0 cm³/mol. The van der Waals surface area contributed by atoms with E-state index >= 15 is 0 Å². The molecule has 1 aliphatic carbocycles. The molecule has 1 unspecified atom stereocenters. The third kappa shape index (κ3) is 5.71. The lowest BCUT2D eigenvalue weighted by atomic mass is 9.63. The zero-order chi connectivity index (χ0) is 14.0. The molecule has 1 fully saturated rings. The summed E-state index contributed by atoms with van der Waals surface area (Å²) in [5, 5.41) is 3.86. The molecule has 0 aromatic carbocycles. The molecule has 18 heavy (non-hydrogen) atoms. The van der Waals surface area contributed by atoms with Crippen LogP contribution in [0.4, 0.5) is 0 Å². The van der Waals surface area contributed by atoms with Crippen molar-refractivity contribution in [3.63, 3.8) is 0 Å². The van der Waals surface area contributed by atoms with Gasteiger partial charge in [-0.1, -0.05) is 27.7 Å². The Hall–Kier alpha value is -0.0800. The molecule has 108 valence electrons. The molecule has 0 aromatic rings. The van der Waals surface area contributed by atoms with Crippen molar-refractivity contribution < 1.29 is 0 Å². The second-order valence-electron chi connectivity index (χ2n) is 8.27. The summed E-state index contributed by atoms with van der Waals surface area (Å²) in [4.78, 5) is 2.27. The molecular formula is C16H34N2. The SMILES string of the molecule is CC(CCN(C)C)NC1CC(C)(C)CC(C)(C)C1. The van der Waals surface area contributed by atoms with Gasteiger partial charge in [-0.2, -0.15) is 0 Å². The van der Waals surface area contributed by atoms with Crippen molar-refractivity contribution in [1.29, 1.82) is 0 Å². The van der Waals surface area contributed by atoms with E-state index in [0.717, 1.165) is 0 Å². The maximum absolute atomic E-state index is 3.86. The van der Waals surface area contributed by atoms with Gasteiger partial charge >= 0.3 is 0 Å². The smallest absolute Gasteiger partial charge is 0.00797 e. The number of hydrogen-bond acceptors (Lipinski definition) is 2. The van der Waals surface area contributed by atoms with Gasteiger partial charge < -0.3 is 10.2 Å². The standard InChI is InChI=1S/C16H34N2/c1-13(8-9-18(6)7)17-14-10-15(2,3)12-16(4,5)11-14/h13-14,17H,8-12H2,1-7H3. The molecule has 2 heteroatoms. The van der Waals surface area contributed by atoms with Gasteiger partial charge in [-0.3, -0.25) is 0 Å². The monoisotopic (exact) mass is 254 g/mol. The Kier molecular flexibility index (Phi) is 5.25. The number of nitrogens with zero attached hydrogens (tertiary/aromatic N) is 1. The highest BCUT2D eigenvalue weighted by atomic mass is 15.1. The maximum Gasteiger partial charge on any atom is 0.00797 e. The quantitative estimate of drug-likeness (QED) is 0.807. The zero-order valence-electron chi connectivity index (χ0n) is 13.6. The summed E-state index contributed by atoms with van der Waals surface area (Å²) >= 11 is 0. The van der Waals surface area contributed by atoms with Crippen LogP contribution in [-0.2, 0) is 0 Å². The summed E-state index contributed by atoms with van der Waals surface area (Å²) < 4.78 is 0. The molecule has 0 heterocycles. The molecule has 1 aliphatic rings. The van der Waals surface area contributed by atoms with E-state index in [2.05, 4.69) is 58.9 Å². The van der Waals surface area contributed by atoms with Crippen LogP contribution in [0.15, 0.2) is 0 Å². The van der Waals surface area contributed by atoms with Crippen LogP contribution in [0, 0.1) is 10.8 Å². The molecular weight excluding hydrogens is 220 g/mol. The summed E-state index contributed by atoms with van der Waals surface area (Å²) in [7, 11) is 4.30. The molecule has 0 radical (unpaired) electrons. The third-order valence-electron chi connectivity index (χ3n) is 4.08. The second-order valence-corrected chi connectivity index (χ2v) is 8.27. The van der Waals surface area contributed by atoms with Crippen LogP contribution in [0.3, 0.4) is 0 Å². The highest BCUT2D eigenvalue weighted by molar-refractivity contribution is 4.92. The minimum absolute atomic E-state index is 0.487. The van der Waals surface area contributed by atoms with Crippen LogP contribution in [0.1, 0.15) is 60.3 Å². The summed E-state index contributed by atoms with van der Waals surface area (Å²) in [5.41, 5.74) is 0.974. The van der Waals surface area contributed by atoms with Crippen molar-refractivity contribution in [2.24, 2.45) is 10.8 Å². The predicted octanol–water partition coefficient (Wildman–Crippen LogP) is 3.52. The van der Waals surface area contributed by atoms with E-state index in [1.54, 1.807) is 0 Å². The molecule has 0 amide bonds. The van der Waals surface area contributed by atoms with Gasteiger partial charge in [0.15, 0.2) is 0 Å². The van der Waals surface area contributed by atoms with Gasteiger partial charge in [-0.25, -0.2) is 0 Å². The van der Waals surface area contributed by atoms with Crippen LogP contribution < -0.4 is 5.32 Å². The Labute approximate surface area is 115 Å². The van der Waals surface area contributed by atoms with Crippen LogP contribution in [0.5, 0.6) is 0 Å². The first-order chi connectivity index (χ1) is 8.10. The van der Waals surface area contributed by atoms with Crippen molar-refractivity contribution in [3.8, 4) is 0 Å². The first-order valence-corrected chi connectivity index (χ1v) is 7.50. The van der Waals surface area contributed by atoms with Gasteiger partial charge in [0.1, 0.15) is 0 Å². The van der Waals surface area contributed by atoms with Gasteiger partial charge in [0.2, 0.25) is 0 Å². The molecule has 1 atom stereocenters. The van der Waals surface area contributed by atoms with Crippen LogP contribution in [0.25, 0.3) is 0 Å². The summed E-state index contributed by atoms with van der Waals surface area (Å²) in [6.45, 7) is 13.2. The zero-order valence-corrected chi connectivity index (χ0v) is 13.6. The van der Waals surface area contributed by atoms with E-state index in [1.165, 1.54) is 32.2 Å². The molecule has 2 nitrogen and oxygen atoms in total. The lowest BCUT2D eigenvalue weighted by molar-refractivity contribution is 0.0802. The highest BCUT2D eigenvalue weighted by Crippen LogP contribution is 2.45. The van der Waals surface area contributed by atoms with Gasteiger partial charge in [-0.05, 0) is 64.1 Å². The molecule has 0 aliphatic heterocycles. The molecule has 1 saturated carbocycles. The average Bonchev–Trinajstić information content (AvgIpc) is 2.09. The average molecular weight is 254 g/mol. The highest BCUT2D eigenvalue weighted by Gasteiger charge is 2.38. The number of rotatable bonds is 5. The van der Waals surface area contributed by atoms with E-state index in [9.17, 15) is 0 Å². The van der Waals surface area contributed by atoms with Crippen LogP contribution >= 0.6 is 0 Å². The fourth-order valence-corrected chi connectivity index (χ4v) is 3.90. The number of hydrogen-bond donors (Lipinski definition) is 1. The molecule has 0 spiro atoms. The van der Waals surface area contributed by atoms with E-state index < -0.39 is 0 Å². The van der Waals surface area contributed by atoms with E-state index in [-0.39, 0.29) is 0 Å². The van der Waals surface area contributed by atoms with E-state index in [4.69, 9.17) is 0 Å². The Morgan fingerprint density at radius 2 is 1.61 bits per heavy atom. The topological polar surface area (TPSA) is 15.3 Å². The minimum atomic E-state index is 0.487. The Morgan fingerprint density at radius 1 is 1.11 bits per heavy atom. The molecule has 1 N–H and O–H groups in total. The lowest BCUT2D eigenvalue weighted by Gasteiger charge is -2.46. The fraction of sp³-hybridized carbons (Fsp3) is 1.00. The van der Waals surface area contributed by atoms with Gasteiger partial charge in [0.05, 0.1) is 0 Å². The number of nitrogens with one attached hydrogen (secondary N) is 1. The van der Waals surface area contributed by atoms with Crippen molar-refractivity contribution in [2.45, 2.75) is 72.4 Å². The summed E-state index contributed by atoms with van der Waals surface area (Å²) in [5.74, 6) is 0. The first kappa shape index (κ1) is 16.0. The van der Waals surface area contributed by atoms with Gasteiger partial charge in [0, 0.05) is 12.1 Å². The van der Waals surface area contributed by atoms with Crippen molar-refractivity contribution in [2.75, 3.05) is 20.6 Å². The Bertz CT molecular complexity index is 240. The van der Waals surface area contributed by atoms with Crippen molar-refractivity contribution in [3.05, 3.63) is 0 Å². The minimum Gasteiger partial charge on any atom is -0.311 e. The third-order valence-corrected chi connectivity index (χ3v) is 4.08. The Morgan fingerprint density at radius 3 is 2.06 bits per heavy atom. The molecule has 0 aromatic heterocycles. The van der Waals surface area contributed by atoms with Crippen molar-refractivity contribution >= 4 is 0 Å². The fourth-order valence-electron chi connectivity index (χ4n) is 3.90. The largest absolute Gasteiger partial charge is 0.311 e. The van der Waals surface area contributed by atoms with Gasteiger partial charge in [0.25, 0.3) is 0 Å². The second kappa shape index (κ2) is 5.92. The summed E-state index contributed by atoms with van der Waals surface area (Å²) in [6, 6.07) is 1.32. The first-order valence-electron chi connectivity index (χ1n) is 7.50. The molecule has 1 rings (SSSR count). The molecule has 0 saturated heterocycles. The maximum atomic E-state index is 3.86. The van der Waals surface area contributed by atoms with Gasteiger partial charge in [-0.15, -0.1) is 0 Å². The van der Waals surface area contributed by atoms with E-state index in [1.807, 2.05) is 0 Å².